The Hall–Kier alpha value is -1.67. The zero-order valence-electron chi connectivity index (χ0n) is 15.5. The first-order valence-corrected chi connectivity index (χ1v) is 11.0. The third kappa shape index (κ3) is 4.54. The summed E-state index contributed by atoms with van der Waals surface area (Å²) in [6.45, 7) is 6.18. The summed E-state index contributed by atoms with van der Waals surface area (Å²) in [7, 11) is -3.09. The van der Waals surface area contributed by atoms with Crippen LogP contribution in [0.5, 0.6) is 0 Å². The predicted octanol–water partition coefficient (Wildman–Crippen LogP) is 1.01. The molecule has 0 saturated carbocycles. The summed E-state index contributed by atoms with van der Waals surface area (Å²) in [6, 6.07) is -0.289. The zero-order valence-corrected chi connectivity index (χ0v) is 16.3. The number of nitrogens with one attached hydrogen (secondary N) is 1. The number of fused-ring (bicyclic) bond motifs is 1. The number of sulfone groups is 1. The van der Waals surface area contributed by atoms with E-state index >= 15 is 0 Å². The topological polar surface area (TPSA) is 86.4 Å². The molecule has 3 heterocycles. The zero-order chi connectivity index (χ0) is 18.7. The van der Waals surface area contributed by atoms with Crippen molar-refractivity contribution < 1.29 is 13.2 Å². The average Bonchev–Trinajstić information content (AvgIpc) is 3.18. The van der Waals surface area contributed by atoms with Crippen molar-refractivity contribution in [1.82, 2.24) is 20.0 Å². The Morgan fingerprint density at radius 1 is 1.31 bits per heavy atom. The van der Waals surface area contributed by atoms with E-state index in [9.17, 15) is 13.2 Å². The van der Waals surface area contributed by atoms with E-state index in [1.54, 1.807) is 6.20 Å². The standard InChI is InChI=1S/C18H28N4O3S/c1-14(2)6-7-21-8-9-22(17-13-26(24,25)12-16(17)21)18(23)5-3-4-15-10-19-20-11-15/h6,10-11,16-17H,3-5,7-9,12-13H2,1-2H3,(H,19,20)/t16-,17+/m0/s1. The van der Waals surface area contributed by atoms with E-state index in [4.69, 9.17) is 0 Å². The number of piperazine rings is 1. The molecule has 1 amide bonds. The minimum absolute atomic E-state index is 0.0717. The number of amides is 1. The highest BCUT2D eigenvalue weighted by Crippen LogP contribution is 2.27. The lowest BCUT2D eigenvalue weighted by Gasteiger charge is -2.43. The average molecular weight is 381 g/mol. The molecule has 0 spiro atoms. The van der Waals surface area contributed by atoms with Crippen molar-refractivity contribution in [2.24, 2.45) is 0 Å². The molecule has 3 rings (SSSR count). The maximum atomic E-state index is 12.7. The monoisotopic (exact) mass is 380 g/mol. The van der Waals surface area contributed by atoms with Crippen LogP contribution in [-0.2, 0) is 21.1 Å². The van der Waals surface area contributed by atoms with Crippen LogP contribution in [0.1, 0.15) is 32.3 Å². The van der Waals surface area contributed by atoms with Crippen LogP contribution in [-0.4, -0.2) is 77.5 Å². The molecule has 2 aliphatic heterocycles. The van der Waals surface area contributed by atoms with Gasteiger partial charge in [0.25, 0.3) is 0 Å². The molecule has 144 valence electrons. The Kier molecular flexibility index (Phi) is 5.82. The highest BCUT2D eigenvalue weighted by molar-refractivity contribution is 7.91. The number of H-pyrrole nitrogens is 1. The highest BCUT2D eigenvalue weighted by Gasteiger charge is 2.47. The number of carbonyl (C=O) groups is 1. The van der Waals surface area contributed by atoms with Crippen molar-refractivity contribution >= 4 is 15.7 Å². The molecule has 2 saturated heterocycles. The fourth-order valence-electron chi connectivity index (χ4n) is 3.86. The molecule has 7 nitrogen and oxygen atoms in total. The fourth-order valence-corrected chi connectivity index (χ4v) is 5.87. The molecule has 0 aromatic carbocycles. The van der Waals surface area contributed by atoms with Gasteiger partial charge in [0, 0.05) is 38.3 Å². The highest BCUT2D eigenvalue weighted by atomic mass is 32.2. The molecule has 2 aliphatic rings. The molecule has 2 fully saturated rings. The molecule has 2 atom stereocenters. The van der Waals surface area contributed by atoms with Gasteiger partial charge in [0.05, 0.1) is 23.7 Å². The Labute approximate surface area is 155 Å². The normalized spacial score (nSPS) is 25.1. The first kappa shape index (κ1) is 19.1. The molecular formula is C18H28N4O3S. The quantitative estimate of drug-likeness (QED) is 0.745. The largest absolute Gasteiger partial charge is 0.336 e. The van der Waals surface area contributed by atoms with E-state index in [0.717, 1.165) is 31.5 Å². The second-order valence-corrected chi connectivity index (χ2v) is 9.69. The Balaban J connectivity index is 1.63. The number of allylic oxidation sites excluding steroid dienone is 1. The van der Waals surface area contributed by atoms with Crippen LogP contribution in [0.2, 0.25) is 0 Å². The molecular weight excluding hydrogens is 352 g/mol. The maximum absolute atomic E-state index is 12.7. The van der Waals surface area contributed by atoms with Gasteiger partial charge in [-0.3, -0.25) is 14.8 Å². The number of hydrogen-bond donors (Lipinski definition) is 1. The molecule has 1 aromatic rings. The summed E-state index contributed by atoms with van der Waals surface area (Å²) in [5.74, 6) is 0.325. The van der Waals surface area contributed by atoms with Crippen LogP contribution in [0.4, 0.5) is 0 Å². The second-order valence-electron chi connectivity index (χ2n) is 7.54. The van der Waals surface area contributed by atoms with Gasteiger partial charge in [-0.1, -0.05) is 11.6 Å². The molecule has 0 bridgehead atoms. The van der Waals surface area contributed by atoms with Gasteiger partial charge < -0.3 is 4.90 Å². The summed E-state index contributed by atoms with van der Waals surface area (Å²) in [5.41, 5.74) is 2.31. The summed E-state index contributed by atoms with van der Waals surface area (Å²) in [4.78, 5) is 16.8. The SMILES string of the molecule is CC(C)=CCN1CCN(C(=O)CCCc2cn[nH]c2)[C@@H]2CS(=O)(=O)C[C@@H]21. The van der Waals surface area contributed by atoms with Gasteiger partial charge in [-0.25, -0.2) is 8.42 Å². The van der Waals surface area contributed by atoms with Gasteiger partial charge in [0.2, 0.25) is 5.91 Å². The van der Waals surface area contributed by atoms with E-state index in [-0.39, 0.29) is 29.5 Å². The van der Waals surface area contributed by atoms with Crippen molar-refractivity contribution in [3.8, 4) is 0 Å². The van der Waals surface area contributed by atoms with E-state index in [1.165, 1.54) is 5.57 Å². The van der Waals surface area contributed by atoms with E-state index < -0.39 is 9.84 Å². The summed E-state index contributed by atoms with van der Waals surface area (Å²) in [5, 5.41) is 6.68. The van der Waals surface area contributed by atoms with Crippen molar-refractivity contribution in [1.29, 1.82) is 0 Å². The minimum Gasteiger partial charge on any atom is -0.336 e. The second kappa shape index (κ2) is 7.92. The number of carbonyl (C=O) groups excluding carboxylic acids is 1. The Morgan fingerprint density at radius 3 is 2.77 bits per heavy atom. The molecule has 0 aliphatic carbocycles. The van der Waals surface area contributed by atoms with Gasteiger partial charge in [0.15, 0.2) is 9.84 Å². The van der Waals surface area contributed by atoms with Crippen molar-refractivity contribution in [3.63, 3.8) is 0 Å². The van der Waals surface area contributed by atoms with Gasteiger partial charge in [0.1, 0.15) is 0 Å². The lowest BCUT2D eigenvalue weighted by atomic mass is 10.0. The third-order valence-electron chi connectivity index (χ3n) is 5.26. The van der Waals surface area contributed by atoms with Crippen LogP contribution in [0.3, 0.4) is 0 Å². The summed E-state index contributed by atoms with van der Waals surface area (Å²) >= 11 is 0. The smallest absolute Gasteiger partial charge is 0.222 e. The molecule has 1 aromatic heterocycles. The molecule has 26 heavy (non-hydrogen) atoms. The number of rotatable bonds is 6. The van der Waals surface area contributed by atoms with E-state index in [2.05, 4.69) is 21.2 Å². The van der Waals surface area contributed by atoms with E-state index in [1.807, 2.05) is 24.9 Å². The number of hydrogen-bond acceptors (Lipinski definition) is 5. The van der Waals surface area contributed by atoms with Crippen molar-refractivity contribution in [3.05, 3.63) is 29.6 Å². The first-order chi connectivity index (χ1) is 12.4. The Morgan fingerprint density at radius 2 is 2.08 bits per heavy atom. The molecule has 0 unspecified atom stereocenters. The van der Waals surface area contributed by atoms with Crippen molar-refractivity contribution in [2.45, 2.75) is 45.2 Å². The van der Waals surface area contributed by atoms with Gasteiger partial charge >= 0.3 is 0 Å². The third-order valence-corrected chi connectivity index (χ3v) is 6.96. The predicted molar refractivity (Wildman–Crippen MR) is 100 cm³/mol. The maximum Gasteiger partial charge on any atom is 0.222 e. The van der Waals surface area contributed by atoms with E-state index in [0.29, 0.717) is 13.0 Å². The van der Waals surface area contributed by atoms with Crippen LogP contribution in [0.25, 0.3) is 0 Å². The van der Waals surface area contributed by atoms with Gasteiger partial charge in [-0.05, 0) is 32.3 Å². The number of aromatic amines is 1. The summed E-state index contributed by atoms with van der Waals surface area (Å²) in [6.07, 6.45) is 7.74. The lowest BCUT2D eigenvalue weighted by Crippen LogP contribution is -2.60. The number of aromatic nitrogens is 2. The fraction of sp³-hybridized carbons (Fsp3) is 0.667. The molecule has 0 radical (unpaired) electrons. The van der Waals surface area contributed by atoms with Crippen LogP contribution in [0.15, 0.2) is 24.0 Å². The molecule has 8 heteroatoms. The Bertz CT molecular complexity index is 753. The number of aryl methyl sites for hydroxylation is 1. The van der Waals surface area contributed by atoms with Crippen LogP contribution >= 0.6 is 0 Å². The minimum atomic E-state index is -3.09. The van der Waals surface area contributed by atoms with Crippen molar-refractivity contribution in [2.75, 3.05) is 31.1 Å². The van der Waals surface area contributed by atoms with Crippen LogP contribution in [0, 0.1) is 0 Å². The van der Waals surface area contributed by atoms with Crippen LogP contribution < -0.4 is 0 Å². The van der Waals surface area contributed by atoms with Gasteiger partial charge in [-0.2, -0.15) is 5.10 Å². The first-order valence-electron chi connectivity index (χ1n) is 9.21. The summed E-state index contributed by atoms with van der Waals surface area (Å²) < 4.78 is 24.5. The lowest BCUT2D eigenvalue weighted by molar-refractivity contribution is -0.136. The molecule has 1 N–H and O–H groups in total. The number of nitrogens with zero attached hydrogens (tertiary/aromatic N) is 3. The van der Waals surface area contributed by atoms with Gasteiger partial charge in [-0.15, -0.1) is 0 Å².